The third kappa shape index (κ3) is 6.97. The Morgan fingerprint density at radius 1 is 1.08 bits per heavy atom. The zero-order valence-corrected chi connectivity index (χ0v) is 20.7. The summed E-state index contributed by atoms with van der Waals surface area (Å²) in [7, 11) is -4.20. The smallest absolute Gasteiger partial charge is 0.345 e. The van der Waals surface area contributed by atoms with Gasteiger partial charge in [0.25, 0.3) is 6.36 Å². The standard InChI is InChI=1S/C21H20ClF3O10S/c1-8-5-11(16(22)17(18(8)36(4,30)31)35-20(25)19(23)24)21(29)34-14-6-12(28)13(32-9(2)26)7-15(14)33-10(3)27/h5-6,13,15,19-20H,7H2,1-4H3. The molecule has 15 heteroatoms. The van der Waals surface area contributed by atoms with E-state index in [1.165, 1.54) is 6.92 Å². The molecule has 0 radical (unpaired) electrons. The van der Waals surface area contributed by atoms with Crippen molar-refractivity contribution in [3.05, 3.63) is 34.1 Å². The summed E-state index contributed by atoms with van der Waals surface area (Å²) >= 11 is 6.05. The summed E-state index contributed by atoms with van der Waals surface area (Å²) in [5.41, 5.74) is -0.847. The number of hydrogen-bond donors (Lipinski definition) is 0. The molecule has 0 saturated carbocycles. The van der Waals surface area contributed by atoms with Crippen molar-refractivity contribution in [2.24, 2.45) is 0 Å². The molecule has 1 aliphatic rings. The Hall–Kier alpha value is -3.13. The van der Waals surface area contributed by atoms with Gasteiger partial charge in [0.15, 0.2) is 39.3 Å². The molecule has 0 aliphatic heterocycles. The van der Waals surface area contributed by atoms with Crippen molar-refractivity contribution in [3.63, 3.8) is 0 Å². The van der Waals surface area contributed by atoms with Crippen molar-refractivity contribution in [1.82, 2.24) is 0 Å². The van der Waals surface area contributed by atoms with Crippen LogP contribution in [0.3, 0.4) is 0 Å². The maximum atomic E-state index is 13.7. The van der Waals surface area contributed by atoms with E-state index in [1.54, 1.807) is 0 Å². The largest absolute Gasteiger partial charge is 0.454 e. The molecular weight excluding hydrogens is 537 g/mol. The van der Waals surface area contributed by atoms with Crippen molar-refractivity contribution in [2.45, 2.75) is 57.1 Å². The Kier molecular flexibility index (Phi) is 9.13. The van der Waals surface area contributed by atoms with Crippen LogP contribution in [0.1, 0.15) is 36.2 Å². The van der Waals surface area contributed by atoms with Crippen LogP contribution >= 0.6 is 11.6 Å². The van der Waals surface area contributed by atoms with Crippen LogP contribution in [-0.4, -0.2) is 63.4 Å². The first-order valence-electron chi connectivity index (χ1n) is 9.97. The maximum absolute atomic E-state index is 13.7. The minimum atomic E-state index is -4.20. The van der Waals surface area contributed by atoms with Crippen LogP contribution in [-0.2, 0) is 38.4 Å². The second kappa shape index (κ2) is 11.3. The molecule has 10 nitrogen and oxygen atoms in total. The van der Waals surface area contributed by atoms with Gasteiger partial charge < -0.3 is 18.9 Å². The second-order valence-electron chi connectivity index (χ2n) is 7.56. The van der Waals surface area contributed by atoms with E-state index < -0.39 is 85.5 Å². The quantitative estimate of drug-likeness (QED) is 0.347. The number of ether oxygens (including phenoxy) is 4. The first kappa shape index (κ1) is 29.1. The van der Waals surface area contributed by atoms with Gasteiger partial charge in [0.2, 0.25) is 0 Å². The van der Waals surface area contributed by atoms with Crippen molar-refractivity contribution in [2.75, 3.05) is 6.26 Å². The van der Waals surface area contributed by atoms with E-state index in [4.69, 9.17) is 25.8 Å². The number of rotatable bonds is 8. The number of carbonyl (C=O) groups is 4. The SMILES string of the molecule is CC(=O)OC1CC(OC(C)=O)C(OC(=O)c2cc(C)c(S(C)(=O)=O)c(OC(F)C(F)F)c2Cl)=CC1=O. The zero-order chi connectivity index (χ0) is 27.5. The van der Waals surface area contributed by atoms with Crippen LogP contribution in [0.4, 0.5) is 13.2 Å². The van der Waals surface area contributed by atoms with Gasteiger partial charge in [0, 0.05) is 32.6 Å². The Labute approximate surface area is 208 Å². The molecule has 0 saturated heterocycles. The molecule has 1 aromatic rings. The van der Waals surface area contributed by atoms with E-state index in [0.29, 0.717) is 6.26 Å². The monoisotopic (exact) mass is 556 g/mol. The third-order valence-electron chi connectivity index (χ3n) is 4.55. The average molecular weight is 557 g/mol. The summed E-state index contributed by atoms with van der Waals surface area (Å²) in [6, 6.07) is 0.928. The summed E-state index contributed by atoms with van der Waals surface area (Å²) in [6.45, 7) is 3.25. The highest BCUT2D eigenvalue weighted by atomic mass is 35.5. The van der Waals surface area contributed by atoms with Crippen LogP contribution in [0.2, 0.25) is 5.02 Å². The number of sulfone groups is 1. The highest BCUT2D eigenvalue weighted by molar-refractivity contribution is 7.90. The van der Waals surface area contributed by atoms with Crippen LogP contribution in [0, 0.1) is 6.92 Å². The number of aryl methyl sites for hydroxylation is 1. The predicted molar refractivity (Wildman–Crippen MR) is 115 cm³/mol. The minimum absolute atomic E-state index is 0.217. The van der Waals surface area contributed by atoms with Gasteiger partial charge in [-0.3, -0.25) is 14.4 Å². The van der Waals surface area contributed by atoms with E-state index in [0.717, 1.165) is 26.0 Å². The fourth-order valence-electron chi connectivity index (χ4n) is 3.25. The Morgan fingerprint density at radius 2 is 1.64 bits per heavy atom. The van der Waals surface area contributed by atoms with Crippen molar-refractivity contribution >= 4 is 45.1 Å². The van der Waals surface area contributed by atoms with Gasteiger partial charge in [-0.15, -0.1) is 0 Å². The van der Waals surface area contributed by atoms with E-state index >= 15 is 0 Å². The van der Waals surface area contributed by atoms with Gasteiger partial charge in [-0.1, -0.05) is 11.6 Å². The Morgan fingerprint density at radius 3 is 2.14 bits per heavy atom. The van der Waals surface area contributed by atoms with Crippen LogP contribution in [0.5, 0.6) is 5.75 Å². The normalized spacial score (nSPS) is 18.8. The van der Waals surface area contributed by atoms with Gasteiger partial charge in [-0.25, -0.2) is 22.0 Å². The molecule has 0 amide bonds. The first-order chi connectivity index (χ1) is 16.5. The molecule has 0 fully saturated rings. The van der Waals surface area contributed by atoms with Gasteiger partial charge in [0.1, 0.15) is 4.90 Å². The van der Waals surface area contributed by atoms with Crippen molar-refractivity contribution < 1.29 is 59.7 Å². The molecule has 198 valence electrons. The fraction of sp³-hybridized carbons (Fsp3) is 0.429. The molecule has 0 bridgehead atoms. The number of ketones is 1. The lowest BCUT2D eigenvalue weighted by molar-refractivity contribution is -0.158. The Bertz CT molecular complexity index is 1230. The molecule has 0 N–H and O–H groups in total. The molecule has 3 atom stereocenters. The summed E-state index contributed by atoms with van der Waals surface area (Å²) in [4.78, 5) is 47.1. The fourth-order valence-corrected chi connectivity index (χ4v) is 4.71. The van der Waals surface area contributed by atoms with Gasteiger partial charge in [-0.2, -0.15) is 4.39 Å². The average Bonchev–Trinajstić information content (AvgIpc) is 2.71. The van der Waals surface area contributed by atoms with Gasteiger partial charge >= 0.3 is 24.3 Å². The van der Waals surface area contributed by atoms with E-state index in [2.05, 4.69) is 4.74 Å². The highest BCUT2D eigenvalue weighted by Gasteiger charge is 2.37. The first-order valence-corrected chi connectivity index (χ1v) is 12.2. The summed E-state index contributed by atoms with van der Waals surface area (Å²) in [6.07, 6.45) is -8.58. The molecular formula is C21H20ClF3O10S. The molecule has 1 aliphatic carbocycles. The molecule has 0 heterocycles. The summed E-state index contributed by atoms with van der Waals surface area (Å²) in [5.74, 6) is -5.29. The molecule has 0 spiro atoms. The van der Waals surface area contributed by atoms with Gasteiger partial charge in [-0.05, 0) is 18.6 Å². The number of hydrogen-bond acceptors (Lipinski definition) is 10. The number of carbonyl (C=O) groups excluding carboxylic acids is 4. The topological polar surface area (TPSA) is 139 Å². The minimum Gasteiger partial charge on any atom is -0.454 e. The van der Waals surface area contributed by atoms with E-state index in [-0.39, 0.29) is 12.0 Å². The van der Waals surface area contributed by atoms with Crippen molar-refractivity contribution in [3.8, 4) is 5.75 Å². The second-order valence-corrected chi connectivity index (χ2v) is 9.89. The lowest BCUT2D eigenvalue weighted by atomic mass is 9.98. The third-order valence-corrected chi connectivity index (χ3v) is 6.18. The maximum Gasteiger partial charge on any atom is 0.345 e. The van der Waals surface area contributed by atoms with Crippen molar-refractivity contribution in [1.29, 1.82) is 0 Å². The number of halogens is 4. The van der Waals surface area contributed by atoms with E-state index in [1.807, 2.05) is 0 Å². The highest BCUT2D eigenvalue weighted by Crippen LogP contribution is 2.40. The van der Waals surface area contributed by atoms with Gasteiger partial charge in [0.05, 0.1) is 10.6 Å². The molecule has 2 rings (SSSR count). The molecule has 1 aromatic carbocycles. The zero-order valence-electron chi connectivity index (χ0n) is 19.2. The number of alkyl halides is 3. The molecule has 36 heavy (non-hydrogen) atoms. The molecule has 3 unspecified atom stereocenters. The Balaban J connectivity index is 2.53. The van der Waals surface area contributed by atoms with Crippen LogP contribution < -0.4 is 4.74 Å². The number of esters is 3. The summed E-state index contributed by atoms with van der Waals surface area (Å²) < 4.78 is 82.9. The van der Waals surface area contributed by atoms with E-state index in [9.17, 15) is 40.8 Å². The summed E-state index contributed by atoms with van der Waals surface area (Å²) in [5, 5.41) is -0.862. The van der Waals surface area contributed by atoms with Crippen LogP contribution in [0.15, 0.2) is 22.8 Å². The lowest BCUT2D eigenvalue weighted by Gasteiger charge is -2.27. The lowest BCUT2D eigenvalue weighted by Crippen LogP contribution is -2.38. The number of benzene rings is 1. The van der Waals surface area contributed by atoms with Crippen LogP contribution in [0.25, 0.3) is 0 Å². The predicted octanol–water partition coefficient (Wildman–Crippen LogP) is 2.87. The molecule has 0 aromatic heterocycles.